The largest absolute Gasteiger partial charge is 0.480 e. The Labute approximate surface area is 180 Å². The lowest BCUT2D eigenvalue weighted by molar-refractivity contribution is -0.145. The van der Waals surface area contributed by atoms with Crippen LogP contribution in [0.4, 0.5) is 20.2 Å². The van der Waals surface area contributed by atoms with E-state index in [2.05, 4.69) is 4.99 Å². The molecule has 8 heteroatoms. The normalized spacial score (nSPS) is 24.2. The van der Waals surface area contributed by atoms with E-state index >= 15 is 8.78 Å². The van der Waals surface area contributed by atoms with Crippen molar-refractivity contribution in [3.8, 4) is 0 Å². The lowest BCUT2D eigenvalue weighted by atomic mass is 9.75. The molecule has 31 heavy (non-hydrogen) atoms. The number of nitrogens with zero attached hydrogens (tertiary/aromatic N) is 3. The second-order valence-electron chi connectivity index (χ2n) is 10.0. The summed E-state index contributed by atoms with van der Waals surface area (Å²) in [6, 6.07) is 0.984. The van der Waals surface area contributed by atoms with Gasteiger partial charge in [-0.2, -0.15) is 0 Å². The molecule has 1 aromatic carbocycles. The van der Waals surface area contributed by atoms with Gasteiger partial charge >= 0.3 is 5.97 Å². The number of aliphatic imine (C=N–C) groups is 1. The number of hydrogen-bond acceptors (Lipinski definition) is 5. The Balaban J connectivity index is 1.83. The van der Waals surface area contributed by atoms with Gasteiger partial charge in [0.05, 0.1) is 12.2 Å². The Bertz CT molecular complexity index is 946. The molecular formula is C23H29F2N3O3. The molecule has 1 saturated heterocycles. The van der Waals surface area contributed by atoms with E-state index in [0.717, 1.165) is 31.7 Å². The van der Waals surface area contributed by atoms with Gasteiger partial charge in [0.2, 0.25) is 0 Å². The van der Waals surface area contributed by atoms with E-state index in [0.29, 0.717) is 13.1 Å². The molecule has 2 heterocycles. The lowest BCUT2D eigenvalue weighted by Crippen LogP contribution is -2.55. The lowest BCUT2D eigenvalue weighted by Gasteiger charge is -2.41. The smallest absolute Gasteiger partial charge is 0.321 e. The third kappa shape index (κ3) is 3.81. The Morgan fingerprint density at radius 3 is 2.45 bits per heavy atom. The van der Waals surface area contributed by atoms with Gasteiger partial charge in [0, 0.05) is 37.5 Å². The average molecular weight is 433 g/mol. The number of anilines is 2. The Kier molecular flexibility index (Phi) is 5.30. The summed E-state index contributed by atoms with van der Waals surface area (Å²) in [5.41, 5.74) is -2.40. The number of carboxylic acid groups (broad SMARTS) is 1. The molecule has 0 spiro atoms. The minimum Gasteiger partial charge on any atom is -0.480 e. The fourth-order valence-corrected chi connectivity index (χ4v) is 4.51. The molecule has 6 nitrogen and oxygen atoms in total. The van der Waals surface area contributed by atoms with Crippen molar-refractivity contribution in [3.63, 3.8) is 0 Å². The highest BCUT2D eigenvalue weighted by Crippen LogP contribution is 2.47. The second kappa shape index (κ2) is 7.57. The number of rotatable bonds is 5. The number of aliphatic carboxylic acids is 1. The molecule has 4 rings (SSSR count). The molecule has 0 bridgehead atoms. The third-order valence-corrected chi connectivity index (χ3v) is 6.23. The first-order valence-electron chi connectivity index (χ1n) is 10.9. The summed E-state index contributed by atoms with van der Waals surface area (Å²) >= 11 is 0. The molecule has 2 aliphatic heterocycles. The summed E-state index contributed by atoms with van der Waals surface area (Å²) in [6.07, 6.45) is 4.90. The van der Waals surface area contributed by atoms with Crippen LogP contribution in [0.3, 0.4) is 0 Å². The van der Waals surface area contributed by atoms with Gasteiger partial charge in [-0.05, 0) is 37.2 Å². The van der Waals surface area contributed by atoms with Gasteiger partial charge in [0.25, 0.3) is 0 Å². The standard InChI is InChI=1S/C23H29F2N3O3/c1-22(2,3)11-26-12-23(21(30)31)13-28(14-6-7-14)18-15(20(23)29)10-16(24)19(17(18)25)27-8-4-5-9-27/h10-11,14H,4-9,12-13H2,1-3H3,(H,30,31). The summed E-state index contributed by atoms with van der Waals surface area (Å²) in [5.74, 6) is -3.66. The molecule has 1 unspecified atom stereocenters. The molecule has 168 valence electrons. The third-order valence-electron chi connectivity index (χ3n) is 6.23. The molecule has 0 radical (unpaired) electrons. The average Bonchev–Trinajstić information content (AvgIpc) is 3.38. The van der Waals surface area contributed by atoms with Crippen molar-refractivity contribution in [1.82, 2.24) is 0 Å². The van der Waals surface area contributed by atoms with Gasteiger partial charge in [-0.25, -0.2) is 8.78 Å². The molecule has 3 aliphatic rings. The topological polar surface area (TPSA) is 73.2 Å². The van der Waals surface area contributed by atoms with E-state index in [1.807, 2.05) is 20.8 Å². The maximum atomic E-state index is 15.7. The molecule has 0 amide bonds. The highest BCUT2D eigenvalue weighted by atomic mass is 19.1. The number of carbonyl (C=O) groups is 2. The minimum atomic E-state index is -1.87. The van der Waals surface area contributed by atoms with Crippen LogP contribution in [0.15, 0.2) is 11.1 Å². The van der Waals surface area contributed by atoms with Crippen LogP contribution in [0.2, 0.25) is 0 Å². The molecular weight excluding hydrogens is 404 g/mol. The van der Waals surface area contributed by atoms with Crippen LogP contribution in [0.25, 0.3) is 0 Å². The molecule has 1 aromatic rings. The maximum absolute atomic E-state index is 15.7. The Hall–Kier alpha value is -2.51. The number of carboxylic acids is 1. The zero-order chi connectivity index (χ0) is 22.6. The fraction of sp³-hybridized carbons (Fsp3) is 0.609. The van der Waals surface area contributed by atoms with Gasteiger partial charge in [-0.3, -0.25) is 14.6 Å². The van der Waals surface area contributed by atoms with Gasteiger partial charge < -0.3 is 14.9 Å². The van der Waals surface area contributed by atoms with E-state index in [9.17, 15) is 14.7 Å². The van der Waals surface area contributed by atoms with E-state index in [-0.39, 0.29) is 41.5 Å². The van der Waals surface area contributed by atoms with E-state index in [1.54, 1.807) is 16.0 Å². The van der Waals surface area contributed by atoms with Crippen LogP contribution in [-0.2, 0) is 4.79 Å². The SMILES string of the molecule is CC(C)(C)C=NCC1(C(=O)O)CN(C2CC2)c2c(cc(F)c(N3CCCC3)c2F)C1=O. The van der Waals surface area contributed by atoms with Crippen LogP contribution in [0.5, 0.6) is 0 Å². The van der Waals surface area contributed by atoms with Crippen LogP contribution in [0.1, 0.15) is 56.8 Å². The molecule has 1 aliphatic carbocycles. The summed E-state index contributed by atoms with van der Waals surface area (Å²) in [4.78, 5) is 33.4. The van der Waals surface area contributed by atoms with Crippen molar-refractivity contribution in [3.05, 3.63) is 23.3 Å². The predicted molar refractivity (Wildman–Crippen MR) is 115 cm³/mol. The number of ketones is 1. The number of benzene rings is 1. The van der Waals surface area contributed by atoms with Crippen molar-refractivity contribution < 1.29 is 23.5 Å². The highest BCUT2D eigenvalue weighted by molar-refractivity contribution is 6.17. The Morgan fingerprint density at radius 1 is 1.26 bits per heavy atom. The number of hydrogen-bond donors (Lipinski definition) is 1. The van der Waals surface area contributed by atoms with E-state index < -0.39 is 28.8 Å². The highest BCUT2D eigenvalue weighted by Gasteiger charge is 2.55. The molecule has 1 atom stereocenters. The van der Waals surface area contributed by atoms with Gasteiger partial charge in [0.1, 0.15) is 11.5 Å². The monoisotopic (exact) mass is 433 g/mol. The van der Waals surface area contributed by atoms with Crippen LogP contribution in [0, 0.1) is 22.5 Å². The van der Waals surface area contributed by atoms with Crippen LogP contribution >= 0.6 is 0 Å². The fourth-order valence-electron chi connectivity index (χ4n) is 4.51. The van der Waals surface area contributed by atoms with Crippen molar-refractivity contribution in [1.29, 1.82) is 0 Å². The molecule has 1 N–H and O–H groups in total. The van der Waals surface area contributed by atoms with Crippen molar-refractivity contribution in [2.75, 3.05) is 36.0 Å². The summed E-state index contributed by atoms with van der Waals surface area (Å²) in [5, 5.41) is 10.1. The number of halogens is 2. The first kappa shape index (κ1) is 21.7. The summed E-state index contributed by atoms with van der Waals surface area (Å²) in [7, 11) is 0. The van der Waals surface area contributed by atoms with E-state index in [4.69, 9.17) is 0 Å². The van der Waals surface area contributed by atoms with Gasteiger partial charge in [-0.1, -0.05) is 20.8 Å². The minimum absolute atomic E-state index is 0.0486. The van der Waals surface area contributed by atoms with Crippen LogP contribution < -0.4 is 9.80 Å². The second-order valence-corrected chi connectivity index (χ2v) is 10.0. The Morgan fingerprint density at radius 2 is 1.90 bits per heavy atom. The van der Waals surface area contributed by atoms with Crippen molar-refractivity contribution in [2.24, 2.45) is 15.8 Å². The van der Waals surface area contributed by atoms with Gasteiger partial charge in [-0.15, -0.1) is 0 Å². The first-order valence-corrected chi connectivity index (χ1v) is 10.9. The predicted octanol–water partition coefficient (Wildman–Crippen LogP) is 3.92. The molecule has 2 fully saturated rings. The molecule has 1 saturated carbocycles. The number of Topliss-reactive ketones (excluding diaryl/α,β-unsaturated/α-hetero) is 1. The van der Waals surface area contributed by atoms with E-state index in [1.165, 1.54) is 0 Å². The maximum Gasteiger partial charge on any atom is 0.321 e. The number of carbonyl (C=O) groups excluding carboxylic acids is 1. The summed E-state index contributed by atoms with van der Waals surface area (Å²) < 4.78 is 30.7. The zero-order valence-corrected chi connectivity index (χ0v) is 18.3. The summed E-state index contributed by atoms with van der Waals surface area (Å²) in [6.45, 7) is 6.45. The van der Waals surface area contributed by atoms with Crippen molar-refractivity contribution >= 4 is 29.3 Å². The zero-order valence-electron chi connectivity index (χ0n) is 18.3. The molecule has 0 aromatic heterocycles. The quantitative estimate of drug-likeness (QED) is 0.563. The van der Waals surface area contributed by atoms with Crippen LogP contribution in [-0.4, -0.2) is 55.3 Å². The first-order chi connectivity index (χ1) is 14.5. The van der Waals surface area contributed by atoms with Gasteiger partial charge in [0.15, 0.2) is 17.0 Å². The number of fused-ring (bicyclic) bond motifs is 1. The van der Waals surface area contributed by atoms with Crippen molar-refractivity contribution in [2.45, 2.75) is 52.5 Å².